The first-order valence-corrected chi connectivity index (χ1v) is 8.35. The quantitative estimate of drug-likeness (QED) is 0.646. The summed E-state index contributed by atoms with van der Waals surface area (Å²) in [6, 6.07) is 3.97. The number of thiocarbonyl (C=S) groups is 1. The maximum absolute atomic E-state index is 5.29. The molecule has 4 nitrogen and oxygen atoms in total. The van der Waals surface area contributed by atoms with Gasteiger partial charge in [0.05, 0.1) is 0 Å². The summed E-state index contributed by atoms with van der Waals surface area (Å²) in [6.45, 7) is 6.64. The summed E-state index contributed by atoms with van der Waals surface area (Å²) in [5.41, 5.74) is 1.18. The van der Waals surface area contributed by atoms with E-state index in [4.69, 9.17) is 12.2 Å². The molecule has 0 unspecified atom stereocenters. The van der Waals surface area contributed by atoms with Crippen molar-refractivity contribution in [2.45, 2.75) is 39.0 Å². The minimum Gasteiger partial charge on any atom is -0.362 e. The Balaban J connectivity index is 1.60. The predicted octanol–water partition coefficient (Wildman–Crippen LogP) is 2.94. The van der Waals surface area contributed by atoms with Crippen LogP contribution in [0.3, 0.4) is 0 Å². The van der Waals surface area contributed by atoms with Gasteiger partial charge in [-0.2, -0.15) is 0 Å². The Hall–Kier alpha value is -1.20. The molecule has 1 fully saturated rings. The predicted molar refractivity (Wildman–Crippen MR) is 92.7 cm³/mol. The third-order valence-electron chi connectivity index (χ3n) is 3.79. The van der Waals surface area contributed by atoms with Crippen LogP contribution in [-0.2, 0) is 0 Å². The lowest BCUT2D eigenvalue weighted by Crippen LogP contribution is -2.33. The molecule has 1 aliphatic rings. The highest BCUT2D eigenvalue weighted by atomic mass is 32.1. The van der Waals surface area contributed by atoms with Gasteiger partial charge in [-0.1, -0.05) is 12.8 Å². The van der Waals surface area contributed by atoms with Crippen LogP contribution in [0.2, 0.25) is 0 Å². The van der Waals surface area contributed by atoms with Gasteiger partial charge in [0.2, 0.25) is 0 Å². The van der Waals surface area contributed by atoms with Crippen LogP contribution in [0.15, 0.2) is 18.3 Å². The SMILES string of the molecule is Cc1ccnc(NC(=S)NCCCN2CCCCCC2)c1. The summed E-state index contributed by atoms with van der Waals surface area (Å²) < 4.78 is 0. The van der Waals surface area contributed by atoms with Crippen LogP contribution in [0.25, 0.3) is 0 Å². The highest BCUT2D eigenvalue weighted by Crippen LogP contribution is 2.09. The zero-order chi connectivity index (χ0) is 14.9. The molecule has 0 atom stereocenters. The Morgan fingerprint density at radius 2 is 2.05 bits per heavy atom. The van der Waals surface area contributed by atoms with Crippen molar-refractivity contribution in [3.63, 3.8) is 0 Å². The van der Waals surface area contributed by atoms with Crippen molar-refractivity contribution < 1.29 is 0 Å². The van der Waals surface area contributed by atoms with Crippen molar-refractivity contribution in [1.82, 2.24) is 15.2 Å². The summed E-state index contributed by atoms with van der Waals surface area (Å²) in [5.74, 6) is 0.806. The van der Waals surface area contributed by atoms with Crippen molar-refractivity contribution >= 4 is 23.1 Å². The second kappa shape index (κ2) is 8.95. The third kappa shape index (κ3) is 6.40. The fourth-order valence-electron chi connectivity index (χ4n) is 2.63. The average molecular weight is 306 g/mol. The fourth-order valence-corrected chi connectivity index (χ4v) is 2.84. The molecule has 21 heavy (non-hydrogen) atoms. The van der Waals surface area contributed by atoms with Gasteiger partial charge in [-0.3, -0.25) is 0 Å². The number of anilines is 1. The molecule has 0 saturated carbocycles. The van der Waals surface area contributed by atoms with Crippen LogP contribution in [0.5, 0.6) is 0 Å². The molecule has 5 heteroatoms. The largest absolute Gasteiger partial charge is 0.362 e. The van der Waals surface area contributed by atoms with E-state index in [2.05, 4.69) is 20.5 Å². The lowest BCUT2D eigenvalue weighted by atomic mass is 10.2. The minimum atomic E-state index is 0.656. The van der Waals surface area contributed by atoms with Crippen LogP contribution in [0.4, 0.5) is 5.82 Å². The number of nitrogens with one attached hydrogen (secondary N) is 2. The van der Waals surface area contributed by atoms with Gasteiger partial charge in [0, 0.05) is 12.7 Å². The van der Waals surface area contributed by atoms with Crippen molar-refractivity contribution in [1.29, 1.82) is 0 Å². The van der Waals surface area contributed by atoms with Gasteiger partial charge in [-0.05, 0) is 75.7 Å². The Kier molecular flexibility index (Phi) is 6.89. The minimum absolute atomic E-state index is 0.656. The van der Waals surface area contributed by atoms with E-state index in [0.29, 0.717) is 5.11 Å². The van der Waals surface area contributed by atoms with E-state index in [1.54, 1.807) is 6.20 Å². The second-order valence-electron chi connectivity index (χ2n) is 5.71. The highest BCUT2D eigenvalue weighted by Gasteiger charge is 2.08. The van der Waals surface area contributed by atoms with Gasteiger partial charge in [-0.15, -0.1) is 0 Å². The number of rotatable bonds is 5. The molecular weight excluding hydrogens is 280 g/mol. The lowest BCUT2D eigenvalue weighted by Gasteiger charge is -2.19. The molecule has 2 rings (SSSR count). The number of aryl methyl sites for hydroxylation is 1. The highest BCUT2D eigenvalue weighted by molar-refractivity contribution is 7.80. The van der Waals surface area contributed by atoms with Gasteiger partial charge < -0.3 is 15.5 Å². The second-order valence-corrected chi connectivity index (χ2v) is 6.12. The van der Waals surface area contributed by atoms with Crippen LogP contribution in [0, 0.1) is 6.92 Å². The smallest absolute Gasteiger partial charge is 0.171 e. The number of pyridine rings is 1. The fraction of sp³-hybridized carbons (Fsp3) is 0.625. The first kappa shape index (κ1) is 16.2. The number of aromatic nitrogens is 1. The molecule has 2 heterocycles. The molecule has 116 valence electrons. The van der Waals surface area contributed by atoms with E-state index < -0.39 is 0 Å². The number of hydrogen-bond donors (Lipinski definition) is 2. The van der Waals surface area contributed by atoms with Crippen molar-refractivity contribution in [3.8, 4) is 0 Å². The van der Waals surface area contributed by atoms with Gasteiger partial charge in [0.1, 0.15) is 5.82 Å². The van der Waals surface area contributed by atoms with Gasteiger partial charge in [-0.25, -0.2) is 4.98 Å². The Bertz CT molecular complexity index is 442. The first-order chi connectivity index (χ1) is 10.2. The van der Waals surface area contributed by atoms with E-state index in [1.807, 2.05) is 19.1 Å². The zero-order valence-electron chi connectivity index (χ0n) is 12.9. The Labute approximate surface area is 133 Å². The lowest BCUT2D eigenvalue weighted by molar-refractivity contribution is 0.282. The third-order valence-corrected chi connectivity index (χ3v) is 4.04. The normalized spacial score (nSPS) is 16.2. The van der Waals surface area contributed by atoms with Crippen molar-refractivity contribution in [2.75, 3.05) is 31.5 Å². The molecular formula is C16H26N4S. The van der Waals surface area contributed by atoms with Crippen molar-refractivity contribution in [3.05, 3.63) is 23.9 Å². The Morgan fingerprint density at radius 1 is 1.29 bits per heavy atom. The van der Waals surface area contributed by atoms with Crippen molar-refractivity contribution in [2.24, 2.45) is 0 Å². The number of nitrogens with zero attached hydrogens (tertiary/aromatic N) is 2. The summed E-state index contributed by atoms with van der Waals surface area (Å²) in [5, 5.41) is 7.04. The van der Waals surface area contributed by atoms with Gasteiger partial charge >= 0.3 is 0 Å². The van der Waals surface area contributed by atoms with E-state index in [-0.39, 0.29) is 0 Å². The summed E-state index contributed by atoms with van der Waals surface area (Å²) in [6.07, 6.45) is 8.42. The molecule has 0 amide bonds. The maximum Gasteiger partial charge on any atom is 0.171 e. The molecule has 2 N–H and O–H groups in total. The Morgan fingerprint density at radius 3 is 2.76 bits per heavy atom. The van der Waals surface area contributed by atoms with E-state index in [1.165, 1.54) is 44.3 Å². The summed E-state index contributed by atoms with van der Waals surface area (Å²) in [7, 11) is 0. The molecule has 0 spiro atoms. The van der Waals surface area contributed by atoms with Crippen LogP contribution in [0.1, 0.15) is 37.7 Å². The van der Waals surface area contributed by atoms with Gasteiger partial charge in [0.25, 0.3) is 0 Å². The summed E-state index contributed by atoms with van der Waals surface area (Å²) in [4.78, 5) is 6.82. The van der Waals surface area contributed by atoms with Crippen LogP contribution < -0.4 is 10.6 Å². The summed E-state index contributed by atoms with van der Waals surface area (Å²) >= 11 is 5.29. The average Bonchev–Trinajstić information content (AvgIpc) is 2.72. The number of likely N-dealkylation sites (tertiary alicyclic amines) is 1. The van der Waals surface area contributed by atoms with Gasteiger partial charge in [0.15, 0.2) is 5.11 Å². The van der Waals surface area contributed by atoms with Crippen LogP contribution in [-0.4, -0.2) is 41.2 Å². The zero-order valence-corrected chi connectivity index (χ0v) is 13.7. The number of hydrogen-bond acceptors (Lipinski definition) is 3. The maximum atomic E-state index is 5.29. The molecule has 1 saturated heterocycles. The topological polar surface area (TPSA) is 40.2 Å². The molecule has 0 radical (unpaired) electrons. The molecule has 0 aromatic carbocycles. The molecule has 1 aliphatic heterocycles. The standard InChI is InChI=1S/C16H26N4S/c1-14-7-9-17-15(13-14)19-16(21)18-8-6-12-20-10-4-2-3-5-11-20/h7,9,13H,2-6,8,10-12H2,1H3,(H2,17,18,19,21). The van der Waals surface area contributed by atoms with E-state index in [0.717, 1.165) is 25.3 Å². The molecule has 0 bridgehead atoms. The van der Waals surface area contributed by atoms with E-state index >= 15 is 0 Å². The molecule has 1 aromatic rings. The first-order valence-electron chi connectivity index (χ1n) is 7.94. The molecule has 0 aliphatic carbocycles. The van der Waals surface area contributed by atoms with E-state index in [9.17, 15) is 0 Å². The monoisotopic (exact) mass is 306 g/mol. The molecule has 1 aromatic heterocycles. The van der Waals surface area contributed by atoms with Crippen LogP contribution >= 0.6 is 12.2 Å².